The first-order valence-electron chi connectivity index (χ1n) is 22.3. The number of benzene rings is 11. The molecule has 0 saturated heterocycles. The predicted molar refractivity (Wildman–Crippen MR) is 271 cm³/mol. The number of fused-ring (bicyclic) bond motifs is 7. The number of nitrogens with zero attached hydrogens (tertiary/aromatic N) is 3. The van der Waals surface area contributed by atoms with E-state index in [0.29, 0.717) is 0 Å². The molecule has 1 heterocycles. The van der Waals surface area contributed by atoms with E-state index in [1.165, 1.54) is 71.4 Å². The summed E-state index contributed by atoms with van der Waals surface area (Å²) in [4.78, 5) is 7.25. The van der Waals surface area contributed by atoms with Crippen LogP contribution in [0.2, 0.25) is 0 Å². The van der Waals surface area contributed by atoms with E-state index in [4.69, 9.17) is 0 Å². The zero-order valence-corrected chi connectivity index (χ0v) is 35.7. The second-order valence-electron chi connectivity index (χ2n) is 17.7. The average molecular weight is 818 g/mol. The fourth-order valence-corrected chi connectivity index (χ4v) is 11.1. The molecular weight excluding hydrogens is 775 g/mol. The average Bonchev–Trinajstić information content (AvgIpc) is 3.59. The molecule has 0 amide bonds. The van der Waals surface area contributed by atoms with Gasteiger partial charge in [-0.2, -0.15) is 0 Å². The molecule has 0 atom stereocenters. The molecule has 3 nitrogen and oxygen atoms in total. The molecule has 0 spiro atoms. The van der Waals surface area contributed by atoms with Gasteiger partial charge in [-0.25, -0.2) is 0 Å². The molecule has 64 heavy (non-hydrogen) atoms. The molecule has 2 aliphatic rings. The molecule has 3 heteroatoms. The summed E-state index contributed by atoms with van der Waals surface area (Å²) in [6.07, 6.45) is 0. The van der Waals surface area contributed by atoms with Crippen LogP contribution in [0.3, 0.4) is 0 Å². The van der Waals surface area contributed by atoms with Gasteiger partial charge in [0.05, 0.1) is 11.4 Å². The van der Waals surface area contributed by atoms with Crippen molar-refractivity contribution in [3.63, 3.8) is 0 Å². The molecule has 1 aliphatic heterocycles. The van der Waals surface area contributed by atoms with Crippen molar-refractivity contribution in [1.29, 1.82) is 0 Å². The molecule has 0 bridgehead atoms. The van der Waals surface area contributed by atoms with Crippen LogP contribution >= 0.6 is 0 Å². The lowest BCUT2D eigenvalue weighted by atomic mass is 9.76. The zero-order chi connectivity index (χ0) is 42.5. The van der Waals surface area contributed by atoms with Gasteiger partial charge in [0.2, 0.25) is 0 Å². The third-order valence-electron chi connectivity index (χ3n) is 13.8. The first-order valence-corrected chi connectivity index (χ1v) is 22.3. The first-order chi connectivity index (χ1) is 31.5. The monoisotopic (exact) mass is 817 g/mol. The Morgan fingerprint density at radius 1 is 0.359 bits per heavy atom. The summed E-state index contributed by atoms with van der Waals surface area (Å²) in [6.45, 7) is 4.87. The third-order valence-corrected chi connectivity index (χ3v) is 13.8. The molecule has 11 aromatic rings. The van der Waals surface area contributed by atoms with Gasteiger partial charge < -0.3 is 14.7 Å². The summed E-state index contributed by atoms with van der Waals surface area (Å²) in [5, 5.41) is 7.92. The SMILES string of the molecule is CC1(C)c2cc(N(c3ccccc3)c3ccccc3)ccc2-c2c1c1ccc3c4c(cc5cccc2c5c14)-c1ccc(N(c2ccccc2)c2ccccc2)cc1N3c1ccccc1. The van der Waals surface area contributed by atoms with Crippen LogP contribution in [0.15, 0.2) is 224 Å². The maximum Gasteiger partial charge on any atom is 0.0561 e. The van der Waals surface area contributed by atoms with Gasteiger partial charge in [0.1, 0.15) is 0 Å². The molecule has 0 fully saturated rings. The number of rotatable bonds is 7. The minimum atomic E-state index is -0.279. The van der Waals surface area contributed by atoms with Crippen molar-refractivity contribution in [2.45, 2.75) is 19.3 Å². The van der Waals surface area contributed by atoms with E-state index < -0.39 is 0 Å². The lowest BCUT2D eigenvalue weighted by Gasteiger charge is -2.36. The van der Waals surface area contributed by atoms with Gasteiger partial charge in [0.15, 0.2) is 0 Å². The Bertz CT molecular complexity index is 3490. The van der Waals surface area contributed by atoms with Crippen LogP contribution in [0.1, 0.15) is 25.0 Å². The number of hydrogen-bond acceptors (Lipinski definition) is 3. The van der Waals surface area contributed by atoms with Crippen molar-refractivity contribution < 1.29 is 0 Å². The Hall–Kier alpha value is -8.14. The molecule has 302 valence electrons. The Labute approximate surface area is 373 Å². The van der Waals surface area contributed by atoms with Crippen LogP contribution in [0, 0.1) is 0 Å². The second kappa shape index (κ2) is 13.9. The topological polar surface area (TPSA) is 9.72 Å². The van der Waals surface area contributed by atoms with Crippen molar-refractivity contribution in [2.24, 2.45) is 0 Å². The predicted octanol–water partition coefficient (Wildman–Crippen LogP) is 17.3. The van der Waals surface area contributed by atoms with Crippen molar-refractivity contribution in [3.8, 4) is 22.3 Å². The van der Waals surface area contributed by atoms with E-state index in [2.05, 4.69) is 253 Å². The number of anilines is 9. The highest BCUT2D eigenvalue weighted by Gasteiger charge is 2.41. The summed E-state index contributed by atoms with van der Waals surface area (Å²) in [6, 6.07) is 82.3. The second-order valence-corrected chi connectivity index (χ2v) is 17.7. The number of para-hydroxylation sites is 5. The molecule has 0 N–H and O–H groups in total. The normalized spacial score (nSPS) is 13.2. The lowest BCUT2D eigenvalue weighted by molar-refractivity contribution is 0.666. The highest BCUT2D eigenvalue weighted by Crippen LogP contribution is 2.61. The summed E-state index contributed by atoms with van der Waals surface area (Å²) < 4.78 is 0. The van der Waals surface area contributed by atoms with Gasteiger partial charge in [-0.05, 0) is 146 Å². The highest BCUT2D eigenvalue weighted by molar-refractivity contribution is 6.34. The van der Waals surface area contributed by atoms with Crippen molar-refractivity contribution in [1.82, 2.24) is 0 Å². The quantitative estimate of drug-likeness (QED) is 0.148. The van der Waals surface area contributed by atoms with Crippen LogP contribution in [-0.4, -0.2) is 0 Å². The van der Waals surface area contributed by atoms with Crippen molar-refractivity contribution in [2.75, 3.05) is 14.7 Å². The minimum absolute atomic E-state index is 0.279. The van der Waals surface area contributed by atoms with E-state index in [0.717, 1.165) is 45.5 Å². The van der Waals surface area contributed by atoms with Gasteiger partial charge in [-0.1, -0.05) is 141 Å². The van der Waals surface area contributed by atoms with Crippen LogP contribution in [0.5, 0.6) is 0 Å². The van der Waals surface area contributed by atoms with E-state index >= 15 is 0 Å². The molecule has 0 unspecified atom stereocenters. The zero-order valence-electron chi connectivity index (χ0n) is 35.7. The first kappa shape index (κ1) is 36.5. The molecule has 0 aromatic heterocycles. The molecule has 13 rings (SSSR count). The van der Waals surface area contributed by atoms with Crippen LogP contribution in [0.4, 0.5) is 51.2 Å². The summed E-state index contributed by atoms with van der Waals surface area (Å²) in [5.74, 6) is 0. The smallest absolute Gasteiger partial charge is 0.0561 e. The maximum absolute atomic E-state index is 2.50. The van der Waals surface area contributed by atoms with Crippen LogP contribution < -0.4 is 14.7 Å². The Morgan fingerprint density at radius 2 is 0.891 bits per heavy atom. The Kier molecular flexibility index (Phi) is 7.95. The third kappa shape index (κ3) is 5.28. The van der Waals surface area contributed by atoms with E-state index in [-0.39, 0.29) is 5.41 Å². The van der Waals surface area contributed by atoms with Crippen molar-refractivity contribution >= 4 is 83.5 Å². The molecule has 0 saturated carbocycles. The van der Waals surface area contributed by atoms with E-state index in [1.54, 1.807) is 0 Å². The Morgan fingerprint density at radius 3 is 1.47 bits per heavy atom. The Balaban J connectivity index is 1.06. The maximum atomic E-state index is 2.50. The van der Waals surface area contributed by atoms with Crippen molar-refractivity contribution in [3.05, 3.63) is 236 Å². The number of hydrogen-bond donors (Lipinski definition) is 0. The fraction of sp³-hybridized carbons (Fsp3) is 0.0492. The van der Waals surface area contributed by atoms with Crippen LogP contribution in [-0.2, 0) is 5.41 Å². The summed E-state index contributed by atoms with van der Waals surface area (Å²) in [5.41, 5.74) is 18.0. The minimum Gasteiger partial charge on any atom is -0.310 e. The van der Waals surface area contributed by atoms with Gasteiger partial charge in [0, 0.05) is 61.6 Å². The van der Waals surface area contributed by atoms with Gasteiger partial charge in [-0.3, -0.25) is 0 Å². The largest absolute Gasteiger partial charge is 0.310 e. The summed E-state index contributed by atoms with van der Waals surface area (Å²) in [7, 11) is 0. The highest BCUT2D eigenvalue weighted by atomic mass is 15.2. The van der Waals surface area contributed by atoms with Gasteiger partial charge >= 0.3 is 0 Å². The van der Waals surface area contributed by atoms with Gasteiger partial charge in [0.25, 0.3) is 0 Å². The molecule has 1 aliphatic carbocycles. The molecule has 0 radical (unpaired) electrons. The molecule has 11 aromatic carbocycles. The van der Waals surface area contributed by atoms with E-state index in [9.17, 15) is 0 Å². The van der Waals surface area contributed by atoms with E-state index in [1.807, 2.05) is 0 Å². The van der Waals surface area contributed by atoms with Gasteiger partial charge in [-0.15, -0.1) is 0 Å². The standard InChI is InChI=1S/C61H43N3/c1-61(2)53-38-46(62(41-20-8-3-9-21-41)42-22-10-4-11-23-42)32-34-49(53)57-50-30-18-19-40-37-52-48-33-31-47(63(43-24-12-5-13-25-43)44-26-14-6-15-27-44)39-55(48)64(45-28-16-7-17-29-45)54-36-35-51(60(57)61)59(56(40)50)58(52)54/h3-39H,1-2H3. The lowest BCUT2D eigenvalue weighted by Crippen LogP contribution is -2.18. The fourth-order valence-electron chi connectivity index (χ4n) is 11.1. The molecular formula is C61H43N3. The summed E-state index contributed by atoms with van der Waals surface area (Å²) >= 11 is 0. The van der Waals surface area contributed by atoms with Crippen LogP contribution in [0.25, 0.3) is 54.6 Å².